The lowest BCUT2D eigenvalue weighted by Gasteiger charge is -2.12. The third-order valence-electron chi connectivity index (χ3n) is 2.77. The molecule has 0 aliphatic heterocycles. The Morgan fingerprint density at radius 3 is 2.70 bits per heavy atom. The second-order valence-corrected chi connectivity index (χ2v) is 7.51. The minimum atomic E-state index is -3.41. The molecule has 0 fully saturated rings. The van der Waals surface area contributed by atoms with Gasteiger partial charge >= 0.3 is 0 Å². The number of aromatic nitrogens is 3. The van der Waals surface area contributed by atoms with E-state index >= 15 is 0 Å². The first kappa shape index (κ1) is 17.4. The maximum absolute atomic E-state index is 11.8. The third kappa shape index (κ3) is 5.66. The van der Waals surface area contributed by atoms with Crippen molar-refractivity contribution in [2.45, 2.75) is 19.4 Å². The van der Waals surface area contributed by atoms with Crippen LogP contribution in [0.1, 0.15) is 12.6 Å². The standard InChI is InChI=1S/C13H17N5O3S2/c1-9(18-23(2,20)21)12(19)16-7-4-10-8-22-13(17-10)11-14-5-3-6-15-11/h3,5-6,8-9,18H,4,7H2,1-2H3,(H,16,19)/t9-/m1/s1. The lowest BCUT2D eigenvalue weighted by molar-refractivity contribution is -0.122. The van der Waals surface area contributed by atoms with Crippen molar-refractivity contribution >= 4 is 27.3 Å². The van der Waals surface area contributed by atoms with E-state index in [-0.39, 0.29) is 5.91 Å². The molecule has 2 aromatic heterocycles. The fourth-order valence-electron chi connectivity index (χ4n) is 1.78. The van der Waals surface area contributed by atoms with Crippen molar-refractivity contribution in [2.75, 3.05) is 12.8 Å². The minimum Gasteiger partial charge on any atom is -0.354 e. The van der Waals surface area contributed by atoms with Crippen LogP contribution in [0.5, 0.6) is 0 Å². The zero-order chi connectivity index (χ0) is 16.9. The molecule has 124 valence electrons. The molecule has 0 aliphatic rings. The van der Waals surface area contributed by atoms with Crippen molar-refractivity contribution in [3.05, 3.63) is 29.5 Å². The molecule has 23 heavy (non-hydrogen) atoms. The van der Waals surface area contributed by atoms with Gasteiger partial charge < -0.3 is 5.32 Å². The molecule has 2 heterocycles. The van der Waals surface area contributed by atoms with E-state index in [0.717, 1.165) is 17.0 Å². The van der Waals surface area contributed by atoms with Gasteiger partial charge in [0, 0.05) is 30.7 Å². The summed E-state index contributed by atoms with van der Waals surface area (Å²) in [6.45, 7) is 1.86. The summed E-state index contributed by atoms with van der Waals surface area (Å²) in [4.78, 5) is 24.4. The van der Waals surface area contributed by atoms with Gasteiger partial charge in [-0.25, -0.2) is 28.1 Å². The topological polar surface area (TPSA) is 114 Å². The maximum Gasteiger partial charge on any atom is 0.237 e. The summed E-state index contributed by atoms with van der Waals surface area (Å²) < 4.78 is 24.4. The maximum atomic E-state index is 11.8. The molecule has 1 amide bonds. The lowest BCUT2D eigenvalue weighted by atomic mass is 10.3. The first-order valence-electron chi connectivity index (χ1n) is 6.82. The zero-order valence-electron chi connectivity index (χ0n) is 12.7. The SMILES string of the molecule is C[C@@H](NS(C)(=O)=O)C(=O)NCCc1csc(-c2ncccn2)n1. The van der Waals surface area contributed by atoms with E-state index in [2.05, 4.69) is 25.0 Å². The van der Waals surface area contributed by atoms with Crippen LogP contribution in [-0.4, -0.2) is 48.1 Å². The molecule has 0 unspecified atom stereocenters. The zero-order valence-corrected chi connectivity index (χ0v) is 14.3. The monoisotopic (exact) mass is 355 g/mol. The highest BCUT2D eigenvalue weighted by Gasteiger charge is 2.16. The van der Waals surface area contributed by atoms with Gasteiger partial charge in [0.1, 0.15) is 0 Å². The van der Waals surface area contributed by atoms with Crippen molar-refractivity contribution in [3.8, 4) is 10.8 Å². The van der Waals surface area contributed by atoms with E-state index in [1.165, 1.54) is 18.3 Å². The summed E-state index contributed by atoms with van der Waals surface area (Å²) in [5.74, 6) is 0.191. The molecule has 0 aromatic carbocycles. The normalized spacial score (nSPS) is 12.8. The first-order chi connectivity index (χ1) is 10.8. The van der Waals surface area contributed by atoms with Crippen LogP contribution in [-0.2, 0) is 21.2 Å². The smallest absolute Gasteiger partial charge is 0.237 e. The molecule has 0 spiro atoms. The first-order valence-corrected chi connectivity index (χ1v) is 9.59. The second-order valence-electron chi connectivity index (χ2n) is 4.87. The average Bonchev–Trinajstić information content (AvgIpc) is 2.95. The Morgan fingerprint density at radius 2 is 2.04 bits per heavy atom. The molecular formula is C13H17N5O3S2. The predicted octanol–water partition coefficient (Wildman–Crippen LogP) is 0.197. The molecule has 2 rings (SSSR count). The Labute approximate surface area is 138 Å². The highest BCUT2D eigenvalue weighted by molar-refractivity contribution is 7.88. The number of sulfonamides is 1. The van der Waals surface area contributed by atoms with Gasteiger partial charge in [-0.05, 0) is 13.0 Å². The summed E-state index contributed by atoms with van der Waals surface area (Å²) in [5.41, 5.74) is 0.821. The van der Waals surface area contributed by atoms with Gasteiger partial charge in [-0.2, -0.15) is 0 Å². The van der Waals surface area contributed by atoms with Crippen LogP contribution in [0.3, 0.4) is 0 Å². The number of carbonyl (C=O) groups is 1. The fraction of sp³-hybridized carbons (Fsp3) is 0.385. The predicted molar refractivity (Wildman–Crippen MR) is 87.3 cm³/mol. The molecule has 10 heteroatoms. The Bertz CT molecular complexity index is 761. The molecule has 0 radical (unpaired) electrons. The van der Waals surface area contributed by atoms with E-state index in [1.54, 1.807) is 18.5 Å². The molecule has 8 nitrogen and oxygen atoms in total. The van der Waals surface area contributed by atoms with E-state index in [9.17, 15) is 13.2 Å². The van der Waals surface area contributed by atoms with Gasteiger partial charge in [0.15, 0.2) is 10.8 Å². The van der Waals surface area contributed by atoms with Gasteiger partial charge in [0.05, 0.1) is 18.0 Å². The largest absolute Gasteiger partial charge is 0.354 e. The van der Waals surface area contributed by atoms with Crippen molar-refractivity contribution in [3.63, 3.8) is 0 Å². The van der Waals surface area contributed by atoms with Crippen LogP contribution in [0, 0.1) is 0 Å². The number of hydrogen-bond acceptors (Lipinski definition) is 7. The number of rotatable bonds is 7. The van der Waals surface area contributed by atoms with Crippen LogP contribution in [0.15, 0.2) is 23.8 Å². The number of nitrogens with zero attached hydrogens (tertiary/aromatic N) is 3. The van der Waals surface area contributed by atoms with Crippen LogP contribution >= 0.6 is 11.3 Å². The number of amides is 1. The summed E-state index contributed by atoms with van der Waals surface area (Å²) in [6, 6.07) is 0.924. The molecular weight excluding hydrogens is 338 g/mol. The van der Waals surface area contributed by atoms with Crippen molar-refractivity contribution in [1.82, 2.24) is 25.0 Å². The second kappa shape index (κ2) is 7.57. The molecule has 2 aromatic rings. The highest BCUT2D eigenvalue weighted by atomic mass is 32.2. The van der Waals surface area contributed by atoms with Crippen LogP contribution < -0.4 is 10.0 Å². The Hall–Kier alpha value is -1.91. The van der Waals surface area contributed by atoms with Crippen LogP contribution in [0.2, 0.25) is 0 Å². The number of hydrogen-bond donors (Lipinski definition) is 2. The van der Waals surface area contributed by atoms with E-state index in [0.29, 0.717) is 18.8 Å². The van der Waals surface area contributed by atoms with Gasteiger partial charge in [0.25, 0.3) is 0 Å². The Morgan fingerprint density at radius 1 is 1.35 bits per heavy atom. The highest BCUT2D eigenvalue weighted by Crippen LogP contribution is 2.19. The minimum absolute atomic E-state index is 0.368. The van der Waals surface area contributed by atoms with Crippen LogP contribution in [0.4, 0.5) is 0 Å². The van der Waals surface area contributed by atoms with Gasteiger partial charge in [0.2, 0.25) is 15.9 Å². The van der Waals surface area contributed by atoms with Crippen molar-refractivity contribution in [1.29, 1.82) is 0 Å². The third-order valence-corrected chi connectivity index (χ3v) is 4.44. The van der Waals surface area contributed by atoms with E-state index < -0.39 is 16.1 Å². The summed E-state index contributed by atoms with van der Waals surface area (Å²) >= 11 is 1.44. The van der Waals surface area contributed by atoms with Crippen molar-refractivity contribution in [2.24, 2.45) is 0 Å². The summed E-state index contributed by atoms with van der Waals surface area (Å²) in [6.07, 6.45) is 4.86. The number of thiazole rings is 1. The van der Waals surface area contributed by atoms with Crippen molar-refractivity contribution < 1.29 is 13.2 Å². The number of nitrogens with one attached hydrogen (secondary N) is 2. The number of carbonyl (C=O) groups excluding carboxylic acids is 1. The molecule has 2 N–H and O–H groups in total. The van der Waals surface area contributed by atoms with E-state index in [4.69, 9.17) is 0 Å². The molecule has 0 saturated heterocycles. The Balaban J connectivity index is 1.83. The van der Waals surface area contributed by atoms with Gasteiger partial charge in [-0.1, -0.05) is 0 Å². The summed E-state index contributed by atoms with van der Waals surface area (Å²) in [7, 11) is -3.41. The fourth-order valence-corrected chi connectivity index (χ4v) is 3.32. The van der Waals surface area contributed by atoms with Gasteiger partial charge in [-0.3, -0.25) is 4.79 Å². The van der Waals surface area contributed by atoms with E-state index in [1.807, 2.05) is 5.38 Å². The average molecular weight is 355 g/mol. The molecule has 0 aliphatic carbocycles. The molecule has 0 saturated carbocycles. The van der Waals surface area contributed by atoms with Crippen LogP contribution in [0.25, 0.3) is 10.8 Å². The summed E-state index contributed by atoms with van der Waals surface area (Å²) in [5, 5.41) is 5.28. The van der Waals surface area contributed by atoms with Gasteiger partial charge in [-0.15, -0.1) is 11.3 Å². The Kier molecular flexibility index (Phi) is 5.74. The quantitative estimate of drug-likeness (QED) is 0.733. The molecule has 1 atom stereocenters. The molecule has 0 bridgehead atoms. The lowest BCUT2D eigenvalue weighted by Crippen LogP contribution is -2.44.